The van der Waals surface area contributed by atoms with Crippen molar-refractivity contribution >= 4 is 11.9 Å². The number of aryl methyl sites for hydroxylation is 1. The highest BCUT2D eigenvalue weighted by atomic mass is 19.1. The van der Waals surface area contributed by atoms with Crippen LogP contribution in [0.4, 0.5) is 9.18 Å². The van der Waals surface area contributed by atoms with Gasteiger partial charge in [-0.25, -0.2) is 9.59 Å². The van der Waals surface area contributed by atoms with Gasteiger partial charge >= 0.3 is 11.8 Å². The van der Waals surface area contributed by atoms with Gasteiger partial charge in [-0.2, -0.15) is 4.39 Å². The number of carbonyl (C=O) groups is 2. The van der Waals surface area contributed by atoms with E-state index in [1.54, 1.807) is 24.0 Å². The van der Waals surface area contributed by atoms with Crippen LogP contribution in [0, 0.1) is 12.7 Å². The van der Waals surface area contributed by atoms with E-state index in [4.69, 9.17) is 4.74 Å². The van der Waals surface area contributed by atoms with Gasteiger partial charge in [0.15, 0.2) is 6.17 Å². The number of carbonyl (C=O) groups excluding carboxylic acids is 2. The number of aromatic nitrogens is 2. The van der Waals surface area contributed by atoms with Crippen molar-refractivity contribution in [1.29, 1.82) is 0 Å². The van der Waals surface area contributed by atoms with Gasteiger partial charge < -0.3 is 4.74 Å². The normalized spacial score (nSPS) is 11.6. The molecule has 1 aromatic heterocycles. The fourth-order valence-electron chi connectivity index (χ4n) is 2.07. The molecule has 1 amide bonds. The summed E-state index contributed by atoms with van der Waals surface area (Å²) in [6.45, 7) is 3.42. The zero-order valence-corrected chi connectivity index (χ0v) is 13.5. The Kier molecular flexibility index (Phi) is 5.48. The quantitative estimate of drug-likeness (QED) is 0.786. The predicted molar refractivity (Wildman–Crippen MR) is 86.0 cm³/mol. The second kappa shape index (κ2) is 7.56. The third-order valence-corrected chi connectivity index (χ3v) is 3.32. The number of nitrogens with one attached hydrogen (secondary N) is 2. The summed E-state index contributed by atoms with van der Waals surface area (Å²) in [5.41, 5.74) is -1.18. The molecule has 9 heteroatoms. The number of Topliss-reactive ketones (excluding diaryl/α,β-unsaturated/α-hetero) is 1. The van der Waals surface area contributed by atoms with Crippen molar-refractivity contribution in [2.24, 2.45) is 0 Å². The summed E-state index contributed by atoms with van der Waals surface area (Å²) in [6, 6.07) is 6.35. The largest absolute Gasteiger partial charge is 0.450 e. The van der Waals surface area contributed by atoms with Gasteiger partial charge in [-0.1, -0.05) is 29.8 Å². The lowest BCUT2D eigenvalue weighted by Gasteiger charge is -2.19. The molecular weight excluding hydrogens is 333 g/mol. The second-order valence-corrected chi connectivity index (χ2v) is 5.14. The Morgan fingerprint density at radius 3 is 2.52 bits per heavy atom. The van der Waals surface area contributed by atoms with E-state index in [0.29, 0.717) is 10.8 Å². The highest BCUT2D eigenvalue weighted by Crippen LogP contribution is 2.12. The topological polar surface area (TPSA) is 110 Å². The molecule has 2 N–H and O–H groups in total. The second-order valence-electron chi connectivity index (χ2n) is 5.14. The molecule has 0 radical (unpaired) electrons. The number of ketones is 1. The zero-order chi connectivity index (χ0) is 18.6. The summed E-state index contributed by atoms with van der Waals surface area (Å²) in [7, 11) is 0. The predicted octanol–water partition coefficient (Wildman–Crippen LogP) is 1.11. The third-order valence-electron chi connectivity index (χ3n) is 3.32. The van der Waals surface area contributed by atoms with Gasteiger partial charge in [0.05, 0.1) is 12.8 Å². The Morgan fingerprint density at radius 1 is 1.28 bits per heavy atom. The number of benzene rings is 1. The van der Waals surface area contributed by atoms with Crippen molar-refractivity contribution in [3.05, 3.63) is 68.2 Å². The molecule has 0 aliphatic carbocycles. The monoisotopic (exact) mass is 349 g/mol. The summed E-state index contributed by atoms with van der Waals surface area (Å²) in [6.07, 6.45) is -1.99. The standard InChI is InChI=1S/C16H16FN3O5/c1-3-25-16(24)18-13(12(21)10-6-4-9(2)5-7-10)20-8-11(17)14(22)19-15(20)23/h4-8,13H,3H2,1-2H3,(H,18,24)(H,19,22,23)/t13-/m1/s1. The van der Waals surface area contributed by atoms with Crippen molar-refractivity contribution < 1.29 is 18.7 Å². The maximum Gasteiger partial charge on any atom is 0.409 e. The van der Waals surface area contributed by atoms with E-state index in [1.165, 1.54) is 12.1 Å². The Labute approximate surface area is 141 Å². The van der Waals surface area contributed by atoms with Crippen LogP contribution in [0.1, 0.15) is 29.0 Å². The lowest BCUT2D eigenvalue weighted by Crippen LogP contribution is -2.45. The number of halogens is 1. The molecule has 0 aliphatic heterocycles. The van der Waals surface area contributed by atoms with E-state index >= 15 is 0 Å². The van der Waals surface area contributed by atoms with Crippen LogP contribution in [0.25, 0.3) is 0 Å². The van der Waals surface area contributed by atoms with Gasteiger partial charge in [-0.15, -0.1) is 0 Å². The van der Waals surface area contributed by atoms with Crippen molar-refractivity contribution in [2.75, 3.05) is 6.61 Å². The molecule has 0 fully saturated rings. The van der Waals surface area contributed by atoms with Crippen molar-refractivity contribution in [3.8, 4) is 0 Å². The molecule has 0 unspecified atom stereocenters. The molecule has 0 aliphatic rings. The van der Waals surface area contributed by atoms with E-state index in [-0.39, 0.29) is 12.2 Å². The lowest BCUT2D eigenvalue weighted by atomic mass is 10.1. The molecule has 2 aromatic rings. The molecular formula is C16H16FN3O5. The summed E-state index contributed by atoms with van der Waals surface area (Å²) in [5.74, 6) is -1.95. The third kappa shape index (κ3) is 4.19. The molecule has 0 saturated heterocycles. The van der Waals surface area contributed by atoms with E-state index < -0.39 is 35.1 Å². The van der Waals surface area contributed by atoms with Crippen molar-refractivity contribution in [2.45, 2.75) is 20.0 Å². The highest BCUT2D eigenvalue weighted by molar-refractivity contribution is 6.00. The van der Waals surface area contributed by atoms with Gasteiger partial charge in [0, 0.05) is 5.56 Å². The average molecular weight is 349 g/mol. The van der Waals surface area contributed by atoms with Gasteiger partial charge in [0.1, 0.15) is 0 Å². The van der Waals surface area contributed by atoms with E-state index in [1.807, 2.05) is 6.92 Å². The summed E-state index contributed by atoms with van der Waals surface area (Å²) >= 11 is 0. The maximum absolute atomic E-state index is 13.6. The number of rotatable bonds is 5. The minimum atomic E-state index is -1.58. The first kappa shape index (κ1) is 18.1. The summed E-state index contributed by atoms with van der Waals surface area (Å²) < 4.78 is 18.9. The SMILES string of the molecule is CCOC(=O)N[C@@H](C(=O)c1ccc(C)cc1)n1cc(F)c(=O)[nH]c1=O. The van der Waals surface area contributed by atoms with Gasteiger partial charge in [-0.05, 0) is 13.8 Å². The summed E-state index contributed by atoms with van der Waals surface area (Å²) in [5, 5.41) is 2.20. The number of alkyl carbamates (subject to hydrolysis) is 1. The lowest BCUT2D eigenvalue weighted by molar-refractivity contribution is 0.0871. The van der Waals surface area contributed by atoms with Crippen LogP contribution >= 0.6 is 0 Å². The first-order valence-electron chi connectivity index (χ1n) is 7.38. The highest BCUT2D eigenvalue weighted by Gasteiger charge is 2.26. The van der Waals surface area contributed by atoms with E-state index in [2.05, 4.69) is 5.32 Å². The van der Waals surface area contributed by atoms with Crippen LogP contribution < -0.4 is 16.6 Å². The molecule has 1 heterocycles. The number of ether oxygens (including phenoxy) is 1. The Hall–Kier alpha value is -3.23. The fourth-order valence-corrected chi connectivity index (χ4v) is 2.07. The molecule has 0 spiro atoms. The van der Waals surface area contributed by atoms with Gasteiger partial charge in [0.2, 0.25) is 11.6 Å². The minimum Gasteiger partial charge on any atom is -0.450 e. The van der Waals surface area contributed by atoms with Crippen LogP contribution in [0.2, 0.25) is 0 Å². The molecule has 8 nitrogen and oxygen atoms in total. The van der Waals surface area contributed by atoms with Crippen molar-refractivity contribution in [1.82, 2.24) is 14.9 Å². The van der Waals surface area contributed by atoms with Crippen LogP contribution in [0.5, 0.6) is 0 Å². The Balaban J connectivity index is 2.49. The van der Waals surface area contributed by atoms with Crippen LogP contribution in [0.15, 0.2) is 40.1 Å². The average Bonchev–Trinajstić information content (AvgIpc) is 2.56. The smallest absolute Gasteiger partial charge is 0.409 e. The minimum absolute atomic E-state index is 0.0339. The van der Waals surface area contributed by atoms with Gasteiger partial charge in [-0.3, -0.25) is 24.5 Å². The summed E-state index contributed by atoms with van der Waals surface area (Å²) in [4.78, 5) is 49.3. The molecule has 0 saturated carbocycles. The molecule has 0 bridgehead atoms. The maximum atomic E-state index is 13.6. The number of H-pyrrole nitrogens is 1. The van der Waals surface area contributed by atoms with Crippen LogP contribution in [-0.4, -0.2) is 28.0 Å². The number of aromatic amines is 1. The van der Waals surface area contributed by atoms with Crippen LogP contribution in [-0.2, 0) is 4.74 Å². The molecule has 2 rings (SSSR count). The zero-order valence-electron chi connectivity index (χ0n) is 13.5. The Bertz CT molecular complexity index is 901. The fraction of sp³-hybridized carbons (Fsp3) is 0.250. The van der Waals surface area contributed by atoms with E-state index in [9.17, 15) is 23.6 Å². The molecule has 132 valence electrons. The van der Waals surface area contributed by atoms with E-state index in [0.717, 1.165) is 5.56 Å². The molecule has 1 atom stereocenters. The first-order valence-corrected chi connectivity index (χ1v) is 7.38. The Morgan fingerprint density at radius 2 is 1.92 bits per heavy atom. The molecule has 25 heavy (non-hydrogen) atoms. The first-order chi connectivity index (χ1) is 11.8. The van der Waals surface area contributed by atoms with Crippen LogP contribution in [0.3, 0.4) is 0 Å². The number of hydrogen-bond acceptors (Lipinski definition) is 5. The van der Waals surface area contributed by atoms with Crippen molar-refractivity contribution in [3.63, 3.8) is 0 Å². The molecule has 1 aromatic carbocycles. The number of amides is 1. The van der Waals surface area contributed by atoms with Gasteiger partial charge in [0.25, 0.3) is 5.56 Å². The number of nitrogens with zero attached hydrogens (tertiary/aromatic N) is 1. The number of hydrogen-bond donors (Lipinski definition) is 2.